The molecule has 326 valence electrons. The fourth-order valence-corrected chi connectivity index (χ4v) is 3.50. The third kappa shape index (κ3) is 14.0. The highest BCUT2D eigenvalue weighted by Gasteiger charge is 2.79. The number of rotatable bonds is 25. The minimum atomic E-state index is -7.50. The maximum Gasteiger partial charge on any atom is 0.462 e. The van der Waals surface area contributed by atoms with Crippen LogP contribution in [0.25, 0.3) is 0 Å². The number of nitrogens with zero attached hydrogens (tertiary/aromatic N) is 2. The standard InChI is InChI=1S/C24H30F22N2O6/c1-49-9-11-51-7-5-47(13-15(25,19(31,32)33)53-23(43,44)17(27,28)21(37,38)39)3-4-48(6-8-52-12-10-50-2)14-16(26,20(34,35)36)54-24(45,46)18(29,30)22(40,41)42/h3-14H2,1-2H3. The largest absolute Gasteiger partial charge is 0.462 e. The van der Waals surface area contributed by atoms with Crippen molar-refractivity contribution in [2.45, 2.75) is 60.5 Å². The van der Waals surface area contributed by atoms with Crippen molar-refractivity contribution < 1.29 is 125 Å². The van der Waals surface area contributed by atoms with Crippen LogP contribution in [0.2, 0.25) is 0 Å². The van der Waals surface area contributed by atoms with E-state index in [1.54, 1.807) is 0 Å². The molecule has 8 nitrogen and oxygen atoms in total. The van der Waals surface area contributed by atoms with Gasteiger partial charge in [-0.15, -0.1) is 0 Å². The third-order valence-electron chi connectivity index (χ3n) is 6.42. The van der Waals surface area contributed by atoms with Gasteiger partial charge in [0.25, 0.3) is 0 Å². The van der Waals surface area contributed by atoms with Gasteiger partial charge in [-0.3, -0.25) is 19.3 Å². The molecule has 0 saturated carbocycles. The number of halogens is 22. The van der Waals surface area contributed by atoms with Gasteiger partial charge in [-0.1, -0.05) is 0 Å². The lowest BCUT2D eigenvalue weighted by Gasteiger charge is -2.39. The Hall–Kier alpha value is -1.86. The number of hydrogen-bond donors (Lipinski definition) is 0. The smallest absolute Gasteiger partial charge is 0.382 e. The Morgan fingerprint density at radius 2 is 0.630 bits per heavy atom. The Labute approximate surface area is 289 Å². The van der Waals surface area contributed by atoms with Crippen LogP contribution in [-0.2, 0) is 28.4 Å². The van der Waals surface area contributed by atoms with Crippen LogP contribution in [0.1, 0.15) is 0 Å². The van der Waals surface area contributed by atoms with Crippen LogP contribution in [0.4, 0.5) is 96.6 Å². The quantitative estimate of drug-likeness (QED) is 0.0721. The molecule has 0 bridgehead atoms. The summed E-state index contributed by atoms with van der Waals surface area (Å²) in [5, 5.41) is 0. The first-order valence-corrected chi connectivity index (χ1v) is 14.1. The molecule has 0 rings (SSSR count). The first-order valence-electron chi connectivity index (χ1n) is 14.1. The van der Waals surface area contributed by atoms with Crippen LogP contribution in [-0.4, -0.2) is 163 Å². The average molecular weight is 860 g/mol. The molecule has 0 fully saturated rings. The van der Waals surface area contributed by atoms with Gasteiger partial charge in [0.05, 0.1) is 52.7 Å². The molecular weight excluding hydrogens is 830 g/mol. The molecule has 0 aromatic carbocycles. The zero-order valence-electron chi connectivity index (χ0n) is 27.1. The predicted octanol–water partition coefficient (Wildman–Crippen LogP) is 6.99. The molecular formula is C24H30F22N2O6. The van der Waals surface area contributed by atoms with Gasteiger partial charge in [-0.25, -0.2) is 8.78 Å². The SMILES string of the molecule is COCCOCCN(CCN(CCOCCOC)CC(F)(OC(F)(F)C(F)(F)C(F)(F)F)C(F)(F)F)CC(F)(OC(F)(F)C(F)(F)C(F)(F)F)C(F)(F)F. The molecule has 0 heterocycles. The topological polar surface area (TPSA) is 61.9 Å². The van der Waals surface area contributed by atoms with E-state index in [2.05, 4.69) is 18.9 Å². The molecule has 0 aliphatic carbocycles. The molecule has 0 spiro atoms. The molecule has 0 N–H and O–H groups in total. The summed E-state index contributed by atoms with van der Waals surface area (Å²) >= 11 is 0. The molecule has 2 atom stereocenters. The maximum atomic E-state index is 15.1. The van der Waals surface area contributed by atoms with Gasteiger partial charge < -0.3 is 18.9 Å². The summed E-state index contributed by atoms with van der Waals surface area (Å²) in [5.74, 6) is -27.4. The van der Waals surface area contributed by atoms with E-state index < -0.39 is 126 Å². The van der Waals surface area contributed by atoms with Gasteiger partial charge in [0.1, 0.15) is 0 Å². The van der Waals surface area contributed by atoms with E-state index >= 15 is 8.78 Å². The lowest BCUT2D eigenvalue weighted by Crippen LogP contribution is -2.63. The fraction of sp³-hybridized carbons (Fsp3) is 1.00. The second-order valence-corrected chi connectivity index (χ2v) is 10.6. The van der Waals surface area contributed by atoms with Crippen molar-refractivity contribution in [3.05, 3.63) is 0 Å². The van der Waals surface area contributed by atoms with Crippen LogP contribution >= 0.6 is 0 Å². The third-order valence-corrected chi connectivity index (χ3v) is 6.42. The Morgan fingerprint density at radius 1 is 0.352 bits per heavy atom. The van der Waals surface area contributed by atoms with E-state index in [-0.39, 0.29) is 23.0 Å². The van der Waals surface area contributed by atoms with Crippen LogP contribution in [0.15, 0.2) is 0 Å². The average Bonchev–Trinajstić information content (AvgIpc) is 2.96. The van der Waals surface area contributed by atoms with Crippen molar-refractivity contribution >= 4 is 0 Å². The number of ether oxygens (including phenoxy) is 6. The van der Waals surface area contributed by atoms with Gasteiger partial charge in [0.15, 0.2) is 0 Å². The highest BCUT2D eigenvalue weighted by Crippen LogP contribution is 2.52. The van der Waals surface area contributed by atoms with Gasteiger partial charge >= 0.3 is 60.5 Å². The summed E-state index contributed by atoms with van der Waals surface area (Å²) in [6.45, 7) is -14.9. The molecule has 0 aliphatic rings. The van der Waals surface area contributed by atoms with Crippen LogP contribution < -0.4 is 0 Å². The van der Waals surface area contributed by atoms with Crippen molar-refractivity contribution in [2.24, 2.45) is 0 Å². The molecule has 0 radical (unpaired) electrons. The summed E-state index contributed by atoms with van der Waals surface area (Å²) in [7, 11) is 2.15. The van der Waals surface area contributed by atoms with E-state index in [1.807, 2.05) is 0 Å². The summed E-state index contributed by atoms with van der Waals surface area (Å²) < 4.78 is 319. The zero-order chi connectivity index (χ0) is 42.9. The van der Waals surface area contributed by atoms with E-state index in [4.69, 9.17) is 9.47 Å². The lowest BCUT2D eigenvalue weighted by molar-refractivity contribution is -0.484. The van der Waals surface area contributed by atoms with Crippen LogP contribution in [0, 0.1) is 0 Å². The van der Waals surface area contributed by atoms with Crippen LogP contribution in [0.5, 0.6) is 0 Å². The molecule has 0 aromatic heterocycles. The Morgan fingerprint density at radius 3 is 0.852 bits per heavy atom. The highest BCUT2D eigenvalue weighted by molar-refractivity contribution is 4.93. The molecule has 0 aromatic rings. The Balaban J connectivity index is 6.87. The zero-order valence-corrected chi connectivity index (χ0v) is 27.1. The predicted molar refractivity (Wildman–Crippen MR) is 132 cm³/mol. The van der Waals surface area contributed by atoms with Gasteiger partial charge in [-0.05, 0) is 0 Å². The normalized spacial score (nSPS) is 17.0. The first-order chi connectivity index (χ1) is 24.0. The highest BCUT2D eigenvalue weighted by atomic mass is 19.4. The maximum absolute atomic E-state index is 15.1. The summed E-state index contributed by atoms with van der Waals surface area (Å²) in [4.78, 5) is -0.441. The Bertz CT molecular complexity index is 1020. The summed E-state index contributed by atoms with van der Waals surface area (Å²) in [6, 6.07) is 0. The van der Waals surface area contributed by atoms with Crippen LogP contribution in [0.3, 0.4) is 0 Å². The van der Waals surface area contributed by atoms with E-state index in [1.165, 1.54) is 0 Å². The van der Waals surface area contributed by atoms with E-state index in [0.29, 0.717) is 0 Å². The molecule has 0 aliphatic heterocycles. The summed E-state index contributed by atoms with van der Waals surface area (Å²) in [5.41, 5.74) is 0. The number of methoxy groups -OCH3 is 2. The summed E-state index contributed by atoms with van der Waals surface area (Å²) in [6.07, 6.45) is -43.2. The minimum absolute atomic E-state index is 0.221. The fourth-order valence-electron chi connectivity index (χ4n) is 3.50. The van der Waals surface area contributed by atoms with Crippen molar-refractivity contribution in [3.63, 3.8) is 0 Å². The molecule has 2 unspecified atom stereocenters. The van der Waals surface area contributed by atoms with Crippen molar-refractivity contribution in [3.8, 4) is 0 Å². The molecule has 30 heteroatoms. The Kier molecular flexibility index (Phi) is 18.4. The number of hydrogen-bond acceptors (Lipinski definition) is 8. The van der Waals surface area contributed by atoms with Crippen molar-refractivity contribution in [2.75, 3.05) is 93.1 Å². The van der Waals surface area contributed by atoms with E-state index in [0.717, 1.165) is 14.2 Å². The molecule has 0 saturated heterocycles. The monoisotopic (exact) mass is 860 g/mol. The second kappa shape index (κ2) is 19.1. The lowest BCUT2D eigenvalue weighted by atomic mass is 10.2. The second-order valence-electron chi connectivity index (χ2n) is 10.6. The number of alkyl halides is 22. The molecule has 54 heavy (non-hydrogen) atoms. The first kappa shape index (κ1) is 52.1. The van der Waals surface area contributed by atoms with E-state index in [9.17, 15) is 87.8 Å². The van der Waals surface area contributed by atoms with Gasteiger partial charge in [0.2, 0.25) is 0 Å². The minimum Gasteiger partial charge on any atom is -0.382 e. The van der Waals surface area contributed by atoms with Gasteiger partial charge in [0, 0.05) is 40.4 Å². The van der Waals surface area contributed by atoms with Crippen molar-refractivity contribution in [1.29, 1.82) is 0 Å². The van der Waals surface area contributed by atoms with Crippen molar-refractivity contribution in [1.82, 2.24) is 9.80 Å². The molecule has 0 amide bonds. The van der Waals surface area contributed by atoms with Gasteiger partial charge in [-0.2, -0.15) is 87.8 Å².